The quantitative estimate of drug-likeness (QED) is 0.600. The number of piperidine rings is 1. The number of benzene rings is 2. The predicted molar refractivity (Wildman–Crippen MR) is 109 cm³/mol. The summed E-state index contributed by atoms with van der Waals surface area (Å²) < 4.78 is 17.4. The van der Waals surface area contributed by atoms with Gasteiger partial charge in [-0.15, -0.1) is 0 Å². The van der Waals surface area contributed by atoms with Crippen LogP contribution in [0.1, 0.15) is 24.3 Å². The first-order chi connectivity index (χ1) is 13.7. The molecule has 1 atom stereocenters. The summed E-state index contributed by atoms with van der Waals surface area (Å²) in [5.74, 6) is 3.07. The number of hydrogen-bond acceptors (Lipinski definition) is 5. The predicted octanol–water partition coefficient (Wildman–Crippen LogP) is 5.05. The number of rotatable bonds is 6. The van der Waals surface area contributed by atoms with Crippen molar-refractivity contribution in [1.82, 2.24) is 9.88 Å². The number of hydrogen-bond donors (Lipinski definition) is 0. The minimum Gasteiger partial charge on any atom is -0.457 e. The second-order valence-corrected chi connectivity index (χ2v) is 7.20. The summed E-state index contributed by atoms with van der Waals surface area (Å²) in [4.78, 5) is 7.16. The maximum Gasteiger partial charge on any atom is 0.226 e. The Morgan fingerprint density at radius 1 is 1.11 bits per heavy atom. The number of para-hydroxylation sites is 1. The summed E-state index contributed by atoms with van der Waals surface area (Å²) in [6, 6.07) is 17.6. The Morgan fingerprint density at radius 3 is 2.75 bits per heavy atom. The van der Waals surface area contributed by atoms with E-state index in [1.807, 2.05) is 61.5 Å². The van der Waals surface area contributed by atoms with Gasteiger partial charge in [-0.3, -0.25) is 4.90 Å². The van der Waals surface area contributed by atoms with Crippen LogP contribution in [0, 0.1) is 6.92 Å². The zero-order valence-corrected chi connectivity index (χ0v) is 16.4. The first-order valence-electron chi connectivity index (χ1n) is 9.76. The van der Waals surface area contributed by atoms with E-state index in [1.165, 1.54) is 0 Å². The molecule has 0 N–H and O–H groups in total. The third-order valence-corrected chi connectivity index (χ3v) is 5.12. The first kappa shape index (κ1) is 18.7. The second-order valence-electron chi connectivity index (χ2n) is 7.20. The summed E-state index contributed by atoms with van der Waals surface area (Å²) in [6.07, 6.45) is 2.60. The molecule has 0 unspecified atom stereocenters. The highest BCUT2D eigenvalue weighted by molar-refractivity contribution is 5.57. The van der Waals surface area contributed by atoms with Gasteiger partial charge in [0.25, 0.3) is 0 Å². The molecule has 1 aromatic heterocycles. The van der Waals surface area contributed by atoms with Crippen LogP contribution in [-0.4, -0.2) is 36.2 Å². The zero-order chi connectivity index (χ0) is 19.3. The van der Waals surface area contributed by atoms with E-state index in [2.05, 4.69) is 4.90 Å². The van der Waals surface area contributed by atoms with Crippen LogP contribution in [0.15, 0.2) is 59.0 Å². The Balaban J connectivity index is 1.49. The van der Waals surface area contributed by atoms with E-state index in [9.17, 15) is 0 Å². The largest absolute Gasteiger partial charge is 0.457 e. The van der Waals surface area contributed by atoms with Crippen molar-refractivity contribution in [2.24, 2.45) is 0 Å². The molecule has 1 aliphatic heterocycles. The Hall–Kier alpha value is -2.63. The SMILES string of the molecule is CO[C@H]1CCCN(Cc2nc(-c3cccc(Oc4ccccc4)c3)oc2C)C1. The van der Waals surface area contributed by atoms with Gasteiger partial charge in [0, 0.05) is 25.8 Å². The summed E-state index contributed by atoms with van der Waals surface area (Å²) in [7, 11) is 1.79. The lowest BCUT2D eigenvalue weighted by Gasteiger charge is -2.31. The summed E-state index contributed by atoms with van der Waals surface area (Å²) in [6.45, 7) is 4.78. The first-order valence-corrected chi connectivity index (χ1v) is 9.76. The molecule has 0 radical (unpaired) electrons. The molecule has 0 amide bonds. The second kappa shape index (κ2) is 8.59. The molecule has 2 aromatic carbocycles. The van der Waals surface area contributed by atoms with Crippen LogP contribution in [-0.2, 0) is 11.3 Å². The Bertz CT molecular complexity index is 907. The molecule has 2 heterocycles. The Kier molecular flexibility index (Phi) is 5.74. The van der Waals surface area contributed by atoms with Crippen molar-refractivity contribution in [3.05, 3.63) is 66.1 Å². The molecule has 4 rings (SSSR count). The zero-order valence-electron chi connectivity index (χ0n) is 16.4. The minimum atomic E-state index is 0.312. The molecule has 0 saturated carbocycles. The highest BCUT2D eigenvalue weighted by Crippen LogP contribution is 2.28. The van der Waals surface area contributed by atoms with Gasteiger partial charge in [0.1, 0.15) is 17.3 Å². The van der Waals surface area contributed by atoms with Crippen molar-refractivity contribution in [1.29, 1.82) is 0 Å². The van der Waals surface area contributed by atoms with Crippen LogP contribution in [0.2, 0.25) is 0 Å². The van der Waals surface area contributed by atoms with Gasteiger partial charge in [-0.1, -0.05) is 24.3 Å². The van der Waals surface area contributed by atoms with Gasteiger partial charge in [-0.2, -0.15) is 0 Å². The summed E-state index contributed by atoms with van der Waals surface area (Å²) >= 11 is 0. The van der Waals surface area contributed by atoms with E-state index in [0.717, 1.165) is 61.0 Å². The van der Waals surface area contributed by atoms with E-state index in [-0.39, 0.29) is 0 Å². The van der Waals surface area contributed by atoms with Gasteiger partial charge in [-0.25, -0.2) is 4.98 Å². The summed E-state index contributed by atoms with van der Waals surface area (Å²) in [5.41, 5.74) is 1.90. The van der Waals surface area contributed by atoms with Crippen LogP contribution in [0.3, 0.4) is 0 Å². The molecule has 1 saturated heterocycles. The van der Waals surface area contributed by atoms with Gasteiger partial charge in [0.2, 0.25) is 5.89 Å². The maximum atomic E-state index is 5.98. The molecule has 0 bridgehead atoms. The van der Waals surface area contributed by atoms with Gasteiger partial charge in [-0.05, 0) is 56.6 Å². The van der Waals surface area contributed by atoms with Crippen LogP contribution in [0.5, 0.6) is 11.5 Å². The van der Waals surface area contributed by atoms with Crippen molar-refractivity contribution in [2.75, 3.05) is 20.2 Å². The van der Waals surface area contributed by atoms with Crippen molar-refractivity contribution < 1.29 is 13.9 Å². The van der Waals surface area contributed by atoms with Crippen LogP contribution in [0.4, 0.5) is 0 Å². The Morgan fingerprint density at radius 2 is 1.93 bits per heavy atom. The van der Waals surface area contributed by atoms with Crippen molar-refractivity contribution >= 4 is 0 Å². The highest BCUT2D eigenvalue weighted by atomic mass is 16.5. The number of aryl methyl sites for hydroxylation is 1. The molecule has 28 heavy (non-hydrogen) atoms. The summed E-state index contributed by atoms with van der Waals surface area (Å²) in [5, 5.41) is 0. The number of nitrogens with zero attached hydrogens (tertiary/aromatic N) is 2. The van der Waals surface area contributed by atoms with Crippen LogP contribution in [0.25, 0.3) is 11.5 Å². The number of aromatic nitrogens is 1. The van der Waals surface area contributed by atoms with Crippen molar-refractivity contribution in [3.8, 4) is 23.0 Å². The standard InChI is InChI=1S/C23H26N2O3/c1-17-22(16-25-13-7-12-21(15-25)26-2)24-23(27-17)18-8-6-11-20(14-18)28-19-9-4-3-5-10-19/h3-6,8-11,14,21H,7,12-13,15-16H2,1-2H3/t21-/m0/s1. The van der Waals surface area contributed by atoms with E-state index in [0.29, 0.717) is 12.0 Å². The molecule has 3 aromatic rings. The molecular weight excluding hydrogens is 352 g/mol. The van der Waals surface area contributed by atoms with Crippen LogP contribution < -0.4 is 4.74 Å². The number of likely N-dealkylation sites (tertiary alicyclic amines) is 1. The van der Waals surface area contributed by atoms with Gasteiger partial charge >= 0.3 is 0 Å². The maximum absolute atomic E-state index is 5.98. The minimum absolute atomic E-state index is 0.312. The number of oxazole rings is 1. The molecular formula is C23H26N2O3. The third-order valence-electron chi connectivity index (χ3n) is 5.12. The van der Waals surface area contributed by atoms with Gasteiger partial charge in [0.05, 0.1) is 11.8 Å². The van der Waals surface area contributed by atoms with E-state index in [1.54, 1.807) is 7.11 Å². The fourth-order valence-corrected chi connectivity index (χ4v) is 3.58. The lowest BCUT2D eigenvalue weighted by atomic mass is 10.1. The van der Waals surface area contributed by atoms with Crippen molar-refractivity contribution in [3.63, 3.8) is 0 Å². The topological polar surface area (TPSA) is 47.7 Å². The third kappa shape index (κ3) is 4.43. The van der Waals surface area contributed by atoms with E-state index in [4.69, 9.17) is 18.9 Å². The molecule has 0 aliphatic carbocycles. The van der Waals surface area contributed by atoms with E-state index < -0.39 is 0 Å². The fraction of sp³-hybridized carbons (Fsp3) is 0.348. The molecule has 5 heteroatoms. The van der Waals surface area contributed by atoms with Gasteiger partial charge in [0.15, 0.2) is 0 Å². The number of methoxy groups -OCH3 is 1. The average Bonchev–Trinajstić information content (AvgIpc) is 3.09. The lowest BCUT2D eigenvalue weighted by Crippen LogP contribution is -2.38. The van der Waals surface area contributed by atoms with Crippen molar-refractivity contribution in [2.45, 2.75) is 32.4 Å². The van der Waals surface area contributed by atoms with E-state index >= 15 is 0 Å². The smallest absolute Gasteiger partial charge is 0.226 e. The highest BCUT2D eigenvalue weighted by Gasteiger charge is 2.22. The monoisotopic (exact) mass is 378 g/mol. The molecule has 0 spiro atoms. The molecule has 1 fully saturated rings. The number of ether oxygens (including phenoxy) is 2. The molecule has 1 aliphatic rings. The normalized spacial score (nSPS) is 17.6. The Labute approximate surface area is 165 Å². The fourth-order valence-electron chi connectivity index (χ4n) is 3.58. The van der Waals surface area contributed by atoms with Gasteiger partial charge < -0.3 is 13.9 Å². The molecule has 5 nitrogen and oxygen atoms in total. The average molecular weight is 378 g/mol. The molecule has 146 valence electrons. The lowest BCUT2D eigenvalue weighted by molar-refractivity contribution is 0.0280. The van der Waals surface area contributed by atoms with Crippen LogP contribution >= 0.6 is 0 Å².